The molecule has 1 fully saturated rings. The molecule has 0 amide bonds. The highest BCUT2D eigenvalue weighted by molar-refractivity contribution is 5.29. The molecule has 1 aliphatic rings. The molecule has 1 aromatic rings. The van der Waals surface area contributed by atoms with Crippen LogP contribution >= 0.6 is 0 Å². The van der Waals surface area contributed by atoms with Crippen LogP contribution in [-0.4, -0.2) is 44.8 Å². The fourth-order valence-electron chi connectivity index (χ4n) is 2.82. The predicted molar refractivity (Wildman–Crippen MR) is 88.8 cm³/mol. The van der Waals surface area contributed by atoms with Crippen molar-refractivity contribution in [2.75, 3.05) is 39.9 Å². The second-order valence-corrected chi connectivity index (χ2v) is 6.98. The van der Waals surface area contributed by atoms with Crippen molar-refractivity contribution in [3.63, 3.8) is 0 Å². The molecule has 1 aliphatic heterocycles. The normalized spacial score (nSPS) is 19.2. The second kappa shape index (κ2) is 7.39. The molecule has 21 heavy (non-hydrogen) atoms. The van der Waals surface area contributed by atoms with Crippen LogP contribution in [0.25, 0.3) is 0 Å². The lowest BCUT2D eigenvalue weighted by atomic mass is 9.86. The smallest absolute Gasteiger partial charge is 0.0593 e. The van der Waals surface area contributed by atoms with E-state index in [2.05, 4.69) is 62.3 Å². The zero-order chi connectivity index (χ0) is 15.3. The van der Waals surface area contributed by atoms with E-state index in [4.69, 9.17) is 4.74 Å². The van der Waals surface area contributed by atoms with Gasteiger partial charge >= 0.3 is 0 Å². The summed E-state index contributed by atoms with van der Waals surface area (Å²) in [5.74, 6) is 0. The fourth-order valence-corrected chi connectivity index (χ4v) is 2.82. The van der Waals surface area contributed by atoms with Gasteiger partial charge in [-0.3, -0.25) is 4.90 Å². The summed E-state index contributed by atoms with van der Waals surface area (Å²) < 4.78 is 5.54. The minimum atomic E-state index is 0.218. The summed E-state index contributed by atoms with van der Waals surface area (Å²) in [6.45, 7) is 11.8. The van der Waals surface area contributed by atoms with Crippen LogP contribution in [-0.2, 0) is 10.2 Å². The van der Waals surface area contributed by atoms with Gasteiger partial charge in [0.15, 0.2) is 0 Å². The van der Waals surface area contributed by atoms with E-state index in [-0.39, 0.29) is 5.41 Å². The van der Waals surface area contributed by atoms with E-state index in [1.807, 2.05) is 0 Å². The van der Waals surface area contributed by atoms with E-state index in [1.54, 1.807) is 0 Å². The van der Waals surface area contributed by atoms with Crippen molar-refractivity contribution in [2.45, 2.75) is 38.6 Å². The van der Waals surface area contributed by atoms with Crippen LogP contribution < -0.4 is 5.32 Å². The van der Waals surface area contributed by atoms with Crippen LogP contribution in [0.3, 0.4) is 0 Å². The van der Waals surface area contributed by atoms with Crippen LogP contribution in [0, 0.1) is 0 Å². The summed E-state index contributed by atoms with van der Waals surface area (Å²) in [7, 11) is 2.05. The highest BCUT2D eigenvalue weighted by Gasteiger charge is 2.18. The Kier molecular flexibility index (Phi) is 5.80. The van der Waals surface area contributed by atoms with Gasteiger partial charge in [-0.2, -0.15) is 0 Å². The quantitative estimate of drug-likeness (QED) is 0.922. The molecule has 1 saturated heterocycles. The molecule has 118 valence electrons. The molecular formula is C18H30N2O. The van der Waals surface area contributed by atoms with Gasteiger partial charge in [0, 0.05) is 32.3 Å². The minimum Gasteiger partial charge on any atom is -0.380 e. The third-order valence-electron chi connectivity index (χ3n) is 4.28. The Balaban J connectivity index is 2.03. The monoisotopic (exact) mass is 290 g/mol. The highest BCUT2D eigenvalue weighted by Crippen LogP contribution is 2.24. The SMILES string of the molecule is CNC(CN1CCCOCC1)c1ccc(C(C)(C)C)cc1. The molecule has 1 heterocycles. The van der Waals surface area contributed by atoms with Crippen LogP contribution in [0.1, 0.15) is 44.4 Å². The third kappa shape index (κ3) is 4.80. The molecular weight excluding hydrogens is 260 g/mol. The van der Waals surface area contributed by atoms with Gasteiger partial charge in [-0.25, -0.2) is 0 Å². The van der Waals surface area contributed by atoms with E-state index in [0.717, 1.165) is 39.3 Å². The highest BCUT2D eigenvalue weighted by atomic mass is 16.5. The Bertz CT molecular complexity index is 414. The maximum atomic E-state index is 5.54. The predicted octanol–water partition coefficient (Wildman–Crippen LogP) is 2.97. The van der Waals surface area contributed by atoms with Gasteiger partial charge in [0.25, 0.3) is 0 Å². The second-order valence-electron chi connectivity index (χ2n) is 6.98. The van der Waals surface area contributed by atoms with Gasteiger partial charge in [-0.05, 0) is 30.0 Å². The first-order valence-corrected chi connectivity index (χ1v) is 8.08. The molecule has 0 bridgehead atoms. The zero-order valence-corrected chi connectivity index (χ0v) is 14.0. The largest absolute Gasteiger partial charge is 0.380 e. The molecule has 1 aromatic carbocycles. The van der Waals surface area contributed by atoms with Gasteiger partial charge in [-0.15, -0.1) is 0 Å². The van der Waals surface area contributed by atoms with Gasteiger partial charge in [0.2, 0.25) is 0 Å². The number of likely N-dealkylation sites (N-methyl/N-ethyl adjacent to an activating group) is 1. The molecule has 1 unspecified atom stereocenters. The maximum absolute atomic E-state index is 5.54. The van der Waals surface area contributed by atoms with Crippen molar-refractivity contribution in [3.05, 3.63) is 35.4 Å². The number of rotatable bonds is 4. The molecule has 0 radical (unpaired) electrons. The summed E-state index contributed by atoms with van der Waals surface area (Å²) in [4.78, 5) is 2.51. The molecule has 3 nitrogen and oxygen atoms in total. The molecule has 0 aliphatic carbocycles. The molecule has 2 rings (SSSR count). The molecule has 1 atom stereocenters. The summed E-state index contributed by atoms with van der Waals surface area (Å²) >= 11 is 0. The Labute approximate surface area is 129 Å². The van der Waals surface area contributed by atoms with E-state index in [0.29, 0.717) is 6.04 Å². The molecule has 0 aromatic heterocycles. The van der Waals surface area contributed by atoms with E-state index in [1.165, 1.54) is 11.1 Å². The average Bonchev–Trinajstić information content (AvgIpc) is 2.72. The molecule has 0 spiro atoms. The van der Waals surface area contributed by atoms with Gasteiger partial charge in [-0.1, -0.05) is 45.0 Å². The summed E-state index contributed by atoms with van der Waals surface area (Å²) in [6, 6.07) is 9.47. The minimum absolute atomic E-state index is 0.218. The molecule has 1 N–H and O–H groups in total. The number of hydrogen-bond acceptors (Lipinski definition) is 3. The number of nitrogens with one attached hydrogen (secondary N) is 1. The third-order valence-corrected chi connectivity index (χ3v) is 4.28. The Morgan fingerprint density at radius 2 is 1.86 bits per heavy atom. The average molecular weight is 290 g/mol. The van der Waals surface area contributed by atoms with Crippen LogP contribution in [0.4, 0.5) is 0 Å². The van der Waals surface area contributed by atoms with Crippen LogP contribution in [0.5, 0.6) is 0 Å². The van der Waals surface area contributed by atoms with E-state index in [9.17, 15) is 0 Å². The Morgan fingerprint density at radius 3 is 2.48 bits per heavy atom. The number of hydrogen-bond donors (Lipinski definition) is 1. The van der Waals surface area contributed by atoms with Crippen molar-refractivity contribution < 1.29 is 4.74 Å². The molecule has 3 heteroatoms. The lowest BCUT2D eigenvalue weighted by Crippen LogP contribution is -2.35. The first-order valence-electron chi connectivity index (χ1n) is 8.08. The lowest BCUT2D eigenvalue weighted by molar-refractivity contribution is 0.139. The lowest BCUT2D eigenvalue weighted by Gasteiger charge is -2.26. The number of nitrogens with zero attached hydrogens (tertiary/aromatic N) is 1. The Morgan fingerprint density at radius 1 is 1.14 bits per heavy atom. The van der Waals surface area contributed by atoms with Crippen molar-refractivity contribution in [1.82, 2.24) is 10.2 Å². The van der Waals surface area contributed by atoms with Gasteiger partial charge in [0.05, 0.1) is 6.61 Å². The summed E-state index contributed by atoms with van der Waals surface area (Å²) in [5, 5.41) is 3.46. The fraction of sp³-hybridized carbons (Fsp3) is 0.667. The van der Waals surface area contributed by atoms with Crippen molar-refractivity contribution in [2.24, 2.45) is 0 Å². The maximum Gasteiger partial charge on any atom is 0.0593 e. The zero-order valence-electron chi connectivity index (χ0n) is 14.0. The molecule has 0 saturated carbocycles. The van der Waals surface area contributed by atoms with Gasteiger partial charge in [0.1, 0.15) is 0 Å². The van der Waals surface area contributed by atoms with Gasteiger partial charge < -0.3 is 10.1 Å². The first-order chi connectivity index (χ1) is 10.0. The van der Waals surface area contributed by atoms with Crippen molar-refractivity contribution in [1.29, 1.82) is 0 Å². The van der Waals surface area contributed by atoms with Crippen molar-refractivity contribution in [3.8, 4) is 0 Å². The van der Waals surface area contributed by atoms with Crippen LogP contribution in [0.15, 0.2) is 24.3 Å². The van der Waals surface area contributed by atoms with E-state index >= 15 is 0 Å². The Hall–Kier alpha value is -0.900. The van der Waals surface area contributed by atoms with E-state index < -0.39 is 0 Å². The standard InChI is InChI=1S/C18H30N2O/c1-18(2,3)16-8-6-15(7-9-16)17(19-4)14-20-10-5-12-21-13-11-20/h6-9,17,19H,5,10-14H2,1-4H3. The van der Waals surface area contributed by atoms with Crippen LogP contribution in [0.2, 0.25) is 0 Å². The number of benzene rings is 1. The summed E-state index contributed by atoms with van der Waals surface area (Å²) in [6.07, 6.45) is 1.14. The number of ether oxygens (including phenoxy) is 1. The summed E-state index contributed by atoms with van der Waals surface area (Å²) in [5.41, 5.74) is 2.98. The first kappa shape index (κ1) is 16.5. The topological polar surface area (TPSA) is 24.5 Å². The van der Waals surface area contributed by atoms with Crippen molar-refractivity contribution >= 4 is 0 Å².